The van der Waals surface area contributed by atoms with Crippen molar-refractivity contribution in [2.75, 3.05) is 0 Å². The van der Waals surface area contributed by atoms with Crippen LogP contribution in [0, 0.1) is 0 Å². The van der Waals surface area contributed by atoms with Crippen LogP contribution in [-0.4, -0.2) is 23.0 Å². The van der Waals surface area contributed by atoms with E-state index >= 15 is 0 Å². The van der Waals surface area contributed by atoms with Gasteiger partial charge in [0.25, 0.3) is 0 Å². The highest BCUT2D eigenvalue weighted by Gasteiger charge is 2.51. The average molecular weight is 772 g/mol. The summed E-state index contributed by atoms with van der Waals surface area (Å²) in [6.45, 7) is 7.22. The summed E-state index contributed by atoms with van der Waals surface area (Å²) < 4.78 is 0. The highest BCUT2D eigenvalue weighted by molar-refractivity contribution is 6.88. The molecule has 59 heavy (non-hydrogen) atoms. The van der Waals surface area contributed by atoms with E-state index in [1.54, 1.807) is 0 Å². The maximum absolute atomic E-state index is 5.27. The van der Waals surface area contributed by atoms with E-state index in [1.807, 2.05) is 24.3 Å². The van der Waals surface area contributed by atoms with Crippen LogP contribution in [0.2, 0.25) is 19.6 Å². The molecule has 0 fully saturated rings. The van der Waals surface area contributed by atoms with Crippen LogP contribution in [0.4, 0.5) is 0 Å². The van der Waals surface area contributed by atoms with Crippen molar-refractivity contribution < 1.29 is 0 Å². The van der Waals surface area contributed by atoms with E-state index in [9.17, 15) is 0 Å². The SMILES string of the molecule is C[Si](C)(C)c1ccc(-c2ccc3c(c2)C2(c4ccccc4-c4ccccc42)c2cc(-c4nc(-c5ccccc5)nc(-c5cccc(-c6ccccc6)c5)n4)ccc2-3)cc1. The van der Waals surface area contributed by atoms with Crippen molar-refractivity contribution in [1.29, 1.82) is 0 Å². The molecule has 0 aliphatic heterocycles. The first-order chi connectivity index (χ1) is 28.9. The molecule has 0 saturated heterocycles. The van der Waals surface area contributed by atoms with Gasteiger partial charge in [-0.25, -0.2) is 15.0 Å². The first kappa shape index (κ1) is 35.2. The normalized spacial score (nSPS) is 13.1. The molecule has 280 valence electrons. The predicted molar refractivity (Wildman–Crippen MR) is 246 cm³/mol. The molecule has 3 nitrogen and oxygen atoms in total. The topological polar surface area (TPSA) is 38.7 Å². The highest BCUT2D eigenvalue weighted by Crippen LogP contribution is 2.63. The number of aromatic nitrogens is 3. The molecule has 8 aromatic carbocycles. The largest absolute Gasteiger partial charge is 0.208 e. The summed E-state index contributed by atoms with van der Waals surface area (Å²) in [4.78, 5) is 15.6. The highest BCUT2D eigenvalue weighted by atomic mass is 28.3. The van der Waals surface area contributed by atoms with Crippen molar-refractivity contribution in [3.8, 4) is 78.7 Å². The second-order valence-corrected chi connectivity index (χ2v) is 21.9. The smallest absolute Gasteiger partial charge is 0.164 e. The summed E-state index contributed by atoms with van der Waals surface area (Å²) in [6.07, 6.45) is 0. The van der Waals surface area contributed by atoms with Crippen molar-refractivity contribution in [1.82, 2.24) is 15.0 Å². The molecular formula is C55H41N3Si. The number of hydrogen-bond donors (Lipinski definition) is 0. The maximum Gasteiger partial charge on any atom is 0.164 e. The summed E-state index contributed by atoms with van der Waals surface area (Å²) in [5.41, 5.74) is 17.3. The Hall–Kier alpha value is -7.01. The Labute approximate surface area is 346 Å². The zero-order valence-corrected chi connectivity index (χ0v) is 34.3. The number of hydrogen-bond acceptors (Lipinski definition) is 3. The molecule has 0 unspecified atom stereocenters. The Morgan fingerprint density at radius 2 is 0.695 bits per heavy atom. The fraction of sp³-hybridized carbons (Fsp3) is 0.0727. The molecule has 0 bridgehead atoms. The Morgan fingerprint density at radius 3 is 1.29 bits per heavy atom. The second-order valence-electron chi connectivity index (χ2n) is 16.8. The molecule has 0 N–H and O–H groups in total. The zero-order chi connectivity index (χ0) is 39.7. The van der Waals surface area contributed by atoms with Gasteiger partial charge < -0.3 is 0 Å². The van der Waals surface area contributed by atoms with Crippen molar-refractivity contribution in [2.45, 2.75) is 25.1 Å². The van der Waals surface area contributed by atoms with Crippen LogP contribution < -0.4 is 5.19 Å². The third-order valence-corrected chi connectivity index (χ3v) is 14.4. The lowest BCUT2D eigenvalue weighted by Crippen LogP contribution is -2.37. The molecule has 9 aromatic rings. The van der Waals surface area contributed by atoms with Gasteiger partial charge in [-0.05, 0) is 85.0 Å². The van der Waals surface area contributed by atoms with Crippen LogP contribution >= 0.6 is 0 Å². The summed E-state index contributed by atoms with van der Waals surface area (Å²) in [5, 5.41) is 1.47. The van der Waals surface area contributed by atoms with Crippen molar-refractivity contribution in [3.63, 3.8) is 0 Å². The van der Waals surface area contributed by atoms with E-state index in [-0.39, 0.29) is 0 Å². The number of rotatable bonds is 6. The van der Waals surface area contributed by atoms with Crippen molar-refractivity contribution in [2.24, 2.45) is 0 Å². The maximum atomic E-state index is 5.27. The third-order valence-electron chi connectivity index (χ3n) is 12.3. The van der Waals surface area contributed by atoms with Crippen molar-refractivity contribution >= 4 is 13.3 Å². The van der Waals surface area contributed by atoms with Crippen LogP contribution in [-0.2, 0) is 5.41 Å². The van der Waals surface area contributed by atoms with Gasteiger partial charge in [-0.15, -0.1) is 0 Å². The molecule has 1 heterocycles. The Morgan fingerprint density at radius 1 is 0.305 bits per heavy atom. The Bertz CT molecular complexity index is 3030. The molecule has 0 atom stereocenters. The first-order valence-electron chi connectivity index (χ1n) is 20.4. The van der Waals surface area contributed by atoms with E-state index in [0.29, 0.717) is 17.5 Å². The van der Waals surface area contributed by atoms with Gasteiger partial charge in [0.2, 0.25) is 0 Å². The summed E-state index contributed by atoms with van der Waals surface area (Å²) in [6, 6.07) is 70.5. The predicted octanol–water partition coefficient (Wildman–Crippen LogP) is 13.1. The number of benzene rings is 8. The second kappa shape index (κ2) is 13.5. The average Bonchev–Trinajstić information content (AvgIpc) is 3.76. The van der Waals surface area contributed by atoms with Gasteiger partial charge in [-0.1, -0.05) is 201 Å². The lowest BCUT2D eigenvalue weighted by atomic mass is 9.70. The monoisotopic (exact) mass is 771 g/mol. The van der Waals surface area contributed by atoms with Gasteiger partial charge in [-0.3, -0.25) is 0 Å². The molecule has 2 aliphatic rings. The minimum Gasteiger partial charge on any atom is -0.208 e. The Kier molecular flexibility index (Phi) is 8.07. The fourth-order valence-electron chi connectivity index (χ4n) is 9.44. The molecule has 2 aliphatic carbocycles. The van der Waals surface area contributed by atoms with Gasteiger partial charge in [0.1, 0.15) is 0 Å². The first-order valence-corrected chi connectivity index (χ1v) is 23.9. The third kappa shape index (κ3) is 5.66. The minimum atomic E-state index is -1.43. The molecule has 1 spiro atoms. The summed E-state index contributed by atoms with van der Waals surface area (Å²) in [5.74, 6) is 1.94. The van der Waals surface area contributed by atoms with Crippen LogP contribution in [0.25, 0.3) is 78.7 Å². The summed E-state index contributed by atoms with van der Waals surface area (Å²) in [7, 11) is -1.43. The molecular weight excluding hydrogens is 731 g/mol. The van der Waals surface area contributed by atoms with Gasteiger partial charge >= 0.3 is 0 Å². The molecule has 4 heteroatoms. The van der Waals surface area contributed by atoms with Gasteiger partial charge in [0.15, 0.2) is 17.5 Å². The lowest BCUT2D eigenvalue weighted by molar-refractivity contribution is 0.794. The quantitative estimate of drug-likeness (QED) is 0.158. The van der Waals surface area contributed by atoms with Crippen LogP contribution in [0.15, 0.2) is 194 Å². The van der Waals surface area contributed by atoms with Gasteiger partial charge in [0, 0.05) is 16.7 Å². The number of nitrogens with zero attached hydrogens (tertiary/aromatic N) is 3. The van der Waals surface area contributed by atoms with Crippen LogP contribution in [0.1, 0.15) is 22.3 Å². The lowest BCUT2D eigenvalue weighted by Gasteiger charge is -2.31. The van der Waals surface area contributed by atoms with Gasteiger partial charge in [0.05, 0.1) is 13.5 Å². The van der Waals surface area contributed by atoms with Crippen LogP contribution in [0.5, 0.6) is 0 Å². The summed E-state index contributed by atoms with van der Waals surface area (Å²) >= 11 is 0. The Balaban J connectivity index is 1.13. The van der Waals surface area contributed by atoms with E-state index in [0.717, 1.165) is 27.8 Å². The molecule has 0 amide bonds. The van der Waals surface area contributed by atoms with E-state index in [4.69, 9.17) is 15.0 Å². The zero-order valence-electron chi connectivity index (χ0n) is 33.3. The molecule has 11 rings (SSSR count). The molecule has 0 saturated carbocycles. The minimum absolute atomic E-state index is 0.524. The molecule has 0 radical (unpaired) electrons. The molecule has 1 aromatic heterocycles. The van der Waals surface area contributed by atoms with E-state index in [2.05, 4.69) is 189 Å². The van der Waals surface area contributed by atoms with E-state index in [1.165, 1.54) is 60.8 Å². The standard InChI is InChI=1S/C55H41N3Si/c1-59(2,3)43-29-25-37(26-30-43)40-27-31-46-47-32-28-42(35-51(47)55(50(46)34-40)48-23-12-10-21-44(48)45-22-11-13-24-49(45)55)54-57-52(38-17-8-5-9-18-38)56-53(58-54)41-20-14-19-39(33-41)36-15-6-4-7-16-36/h4-35H,1-3H3. The number of fused-ring (bicyclic) bond motifs is 10. The fourth-order valence-corrected chi connectivity index (χ4v) is 10.6. The van der Waals surface area contributed by atoms with Crippen LogP contribution in [0.3, 0.4) is 0 Å². The van der Waals surface area contributed by atoms with Crippen molar-refractivity contribution in [3.05, 3.63) is 216 Å². The van der Waals surface area contributed by atoms with E-state index < -0.39 is 13.5 Å². The van der Waals surface area contributed by atoms with Gasteiger partial charge in [-0.2, -0.15) is 0 Å².